The molecule has 0 aliphatic carbocycles. The van der Waals surface area contributed by atoms with Gasteiger partial charge in [-0.3, -0.25) is 0 Å². The lowest BCUT2D eigenvalue weighted by molar-refractivity contribution is -0.140. The highest BCUT2D eigenvalue weighted by molar-refractivity contribution is 6.17. The minimum Gasteiger partial charge on any atom is -0.206 e. The summed E-state index contributed by atoms with van der Waals surface area (Å²) < 4.78 is 48.8. The van der Waals surface area contributed by atoms with Crippen molar-refractivity contribution in [1.82, 2.24) is 0 Å². The molecule has 1 aromatic carbocycles. The Morgan fingerprint density at radius 1 is 1.23 bits per heavy atom. The van der Waals surface area contributed by atoms with Gasteiger partial charge in [0, 0.05) is 5.88 Å². The number of benzene rings is 1. The van der Waals surface area contributed by atoms with Gasteiger partial charge in [0.15, 0.2) is 0 Å². The first-order valence-electron chi connectivity index (χ1n) is 3.36. The Morgan fingerprint density at radius 2 is 1.85 bits per heavy atom. The van der Waals surface area contributed by atoms with Gasteiger partial charge in [-0.05, 0) is 17.7 Å². The highest BCUT2D eigenvalue weighted by Gasteiger charge is 2.33. The van der Waals surface area contributed by atoms with Crippen LogP contribution < -0.4 is 0 Å². The lowest BCUT2D eigenvalue weighted by atomic mass is 10.1. The Hall–Kier alpha value is -0.770. The van der Waals surface area contributed by atoms with Crippen molar-refractivity contribution in [2.45, 2.75) is 12.1 Å². The van der Waals surface area contributed by atoms with E-state index in [2.05, 4.69) is 0 Å². The summed E-state index contributed by atoms with van der Waals surface area (Å²) in [6.07, 6.45) is -4.64. The zero-order valence-corrected chi connectivity index (χ0v) is 7.08. The molecule has 0 radical (unpaired) electrons. The zero-order chi connectivity index (χ0) is 10.1. The van der Waals surface area contributed by atoms with Crippen LogP contribution >= 0.6 is 11.6 Å². The quantitative estimate of drug-likeness (QED) is 0.493. The second kappa shape index (κ2) is 3.54. The molecule has 0 spiro atoms. The molecule has 0 saturated carbocycles. The van der Waals surface area contributed by atoms with Gasteiger partial charge in [-0.25, -0.2) is 4.39 Å². The predicted octanol–water partition coefficient (Wildman–Crippen LogP) is 3.58. The molecule has 1 rings (SSSR count). The fourth-order valence-corrected chi connectivity index (χ4v) is 1.04. The van der Waals surface area contributed by atoms with E-state index in [0.717, 1.165) is 12.1 Å². The zero-order valence-electron chi connectivity index (χ0n) is 6.33. The molecule has 0 nitrogen and oxygen atoms in total. The fraction of sp³-hybridized carbons (Fsp3) is 0.250. The molecule has 0 unspecified atom stereocenters. The van der Waals surface area contributed by atoms with Gasteiger partial charge in [-0.1, -0.05) is 6.07 Å². The summed E-state index contributed by atoms with van der Waals surface area (Å²) >= 11 is 5.32. The van der Waals surface area contributed by atoms with Crippen molar-refractivity contribution < 1.29 is 17.6 Å². The minimum absolute atomic E-state index is 0.00490. The van der Waals surface area contributed by atoms with Crippen molar-refractivity contribution in [2.24, 2.45) is 0 Å². The van der Waals surface area contributed by atoms with Gasteiger partial charge in [0.25, 0.3) is 0 Å². The topological polar surface area (TPSA) is 0 Å². The number of hydrogen-bond donors (Lipinski definition) is 0. The van der Waals surface area contributed by atoms with Crippen LogP contribution in [0, 0.1) is 5.82 Å². The summed E-state index contributed by atoms with van der Waals surface area (Å²) in [5.74, 6) is -1.29. The number of alkyl halides is 4. The van der Waals surface area contributed by atoms with Crippen molar-refractivity contribution >= 4 is 11.6 Å². The molecule has 5 heteroatoms. The van der Waals surface area contributed by atoms with Crippen molar-refractivity contribution in [1.29, 1.82) is 0 Å². The van der Waals surface area contributed by atoms with Crippen molar-refractivity contribution in [3.8, 4) is 0 Å². The second-order valence-corrected chi connectivity index (χ2v) is 2.71. The molecular formula is C8H5ClF4. The van der Waals surface area contributed by atoms with Gasteiger partial charge in [0.05, 0.1) is 5.56 Å². The summed E-state index contributed by atoms with van der Waals surface area (Å²) in [5, 5.41) is 0. The lowest BCUT2D eigenvalue weighted by Crippen LogP contribution is -2.08. The highest BCUT2D eigenvalue weighted by atomic mass is 35.5. The number of rotatable bonds is 1. The van der Waals surface area contributed by atoms with E-state index < -0.39 is 17.6 Å². The van der Waals surface area contributed by atoms with Gasteiger partial charge >= 0.3 is 6.18 Å². The molecule has 0 N–H and O–H groups in total. The summed E-state index contributed by atoms with van der Waals surface area (Å²) in [7, 11) is 0. The fourth-order valence-electron chi connectivity index (χ4n) is 0.872. The Morgan fingerprint density at radius 3 is 2.23 bits per heavy atom. The molecule has 0 saturated heterocycles. The van der Waals surface area contributed by atoms with Gasteiger partial charge in [-0.2, -0.15) is 13.2 Å². The van der Waals surface area contributed by atoms with E-state index >= 15 is 0 Å². The molecule has 1 aromatic rings. The summed E-state index contributed by atoms with van der Waals surface area (Å²) in [4.78, 5) is 0. The maximum atomic E-state index is 12.8. The van der Waals surface area contributed by atoms with Crippen molar-refractivity contribution in [2.75, 3.05) is 0 Å². The van der Waals surface area contributed by atoms with Crippen LogP contribution in [0.1, 0.15) is 11.1 Å². The standard InChI is InChI=1S/C8H5ClF4/c9-4-5-1-2-6(7(10)3-5)8(11,12)13/h1-3H,4H2. The van der Waals surface area contributed by atoms with Crippen LogP contribution in [0.2, 0.25) is 0 Å². The monoisotopic (exact) mass is 212 g/mol. The van der Waals surface area contributed by atoms with Crippen LogP contribution in [0.4, 0.5) is 17.6 Å². The van der Waals surface area contributed by atoms with E-state index in [9.17, 15) is 17.6 Å². The van der Waals surface area contributed by atoms with Gasteiger partial charge in [0.2, 0.25) is 0 Å². The molecular weight excluding hydrogens is 208 g/mol. The molecule has 0 atom stereocenters. The molecule has 0 amide bonds. The Bertz CT molecular complexity index is 306. The second-order valence-electron chi connectivity index (χ2n) is 2.45. The van der Waals surface area contributed by atoms with Crippen LogP contribution in [-0.2, 0) is 12.1 Å². The van der Waals surface area contributed by atoms with Gasteiger partial charge in [-0.15, -0.1) is 11.6 Å². The van der Waals surface area contributed by atoms with Crippen molar-refractivity contribution in [3.05, 3.63) is 35.1 Å². The molecule has 72 valence electrons. The molecule has 0 aliphatic rings. The van der Waals surface area contributed by atoms with Crippen LogP contribution in [0.15, 0.2) is 18.2 Å². The summed E-state index contributed by atoms with van der Waals surface area (Å²) in [6.45, 7) is 0. The maximum Gasteiger partial charge on any atom is 0.419 e. The van der Waals surface area contributed by atoms with E-state index in [4.69, 9.17) is 11.6 Å². The largest absolute Gasteiger partial charge is 0.419 e. The highest BCUT2D eigenvalue weighted by Crippen LogP contribution is 2.31. The molecule has 0 bridgehead atoms. The number of halogens is 5. The van der Waals surface area contributed by atoms with Gasteiger partial charge < -0.3 is 0 Å². The summed E-state index contributed by atoms with van der Waals surface area (Å²) in [6, 6.07) is 2.63. The molecule has 0 aromatic heterocycles. The van der Waals surface area contributed by atoms with E-state index in [1.54, 1.807) is 0 Å². The smallest absolute Gasteiger partial charge is 0.206 e. The first-order chi connectivity index (χ1) is 5.95. The van der Waals surface area contributed by atoms with Crippen LogP contribution in [0.3, 0.4) is 0 Å². The normalized spacial score (nSPS) is 11.8. The van der Waals surface area contributed by atoms with Gasteiger partial charge in [0.1, 0.15) is 5.82 Å². The van der Waals surface area contributed by atoms with E-state index in [1.807, 2.05) is 0 Å². The Labute approximate surface area is 77.1 Å². The van der Waals surface area contributed by atoms with Crippen LogP contribution in [0.5, 0.6) is 0 Å². The molecule has 0 aliphatic heterocycles. The van der Waals surface area contributed by atoms with E-state index in [0.29, 0.717) is 11.6 Å². The van der Waals surface area contributed by atoms with Crippen molar-refractivity contribution in [3.63, 3.8) is 0 Å². The number of hydrogen-bond acceptors (Lipinski definition) is 0. The molecule has 13 heavy (non-hydrogen) atoms. The minimum atomic E-state index is -4.64. The van der Waals surface area contributed by atoms with Crippen LogP contribution in [0.25, 0.3) is 0 Å². The average Bonchev–Trinajstić information content (AvgIpc) is 2.01. The third kappa shape index (κ3) is 2.34. The van der Waals surface area contributed by atoms with E-state index in [1.165, 1.54) is 0 Å². The summed E-state index contributed by atoms with van der Waals surface area (Å²) in [5.41, 5.74) is -0.937. The lowest BCUT2D eigenvalue weighted by Gasteiger charge is -2.07. The average molecular weight is 213 g/mol. The first-order valence-corrected chi connectivity index (χ1v) is 3.90. The maximum absolute atomic E-state index is 12.8. The first kappa shape index (κ1) is 10.3. The predicted molar refractivity (Wildman–Crippen MR) is 41.0 cm³/mol. The third-order valence-corrected chi connectivity index (χ3v) is 1.80. The van der Waals surface area contributed by atoms with Crippen LogP contribution in [-0.4, -0.2) is 0 Å². The Balaban J connectivity index is 3.13. The molecule has 0 heterocycles. The third-order valence-electron chi connectivity index (χ3n) is 1.49. The Kier molecular flexibility index (Phi) is 2.81. The van der Waals surface area contributed by atoms with E-state index in [-0.39, 0.29) is 5.88 Å². The molecule has 0 fully saturated rings. The SMILES string of the molecule is Fc1cc(CCl)ccc1C(F)(F)F.